The number of rotatable bonds is 6. The Morgan fingerprint density at radius 3 is 2.62 bits per heavy atom. The first-order valence-corrected chi connectivity index (χ1v) is 6.02. The van der Waals surface area contributed by atoms with Crippen molar-refractivity contribution >= 4 is 24.4 Å². The smallest absolute Gasteiger partial charge is 0.246 e. The minimum atomic E-state index is -0.526. The third kappa shape index (κ3) is 3.56. The lowest BCUT2D eigenvalue weighted by molar-refractivity contribution is -0.135. The maximum atomic E-state index is 12.1. The van der Waals surface area contributed by atoms with E-state index < -0.39 is 6.04 Å². The highest BCUT2D eigenvalue weighted by Gasteiger charge is 2.34. The van der Waals surface area contributed by atoms with Gasteiger partial charge in [0.1, 0.15) is 6.04 Å². The summed E-state index contributed by atoms with van der Waals surface area (Å²) in [5.74, 6) is 0.0491. The van der Waals surface area contributed by atoms with Crippen LogP contribution in [0.2, 0.25) is 0 Å². The van der Waals surface area contributed by atoms with Crippen molar-refractivity contribution in [3.8, 4) is 0 Å². The van der Waals surface area contributed by atoms with Crippen LogP contribution in [0, 0.1) is 0 Å². The van der Waals surface area contributed by atoms with Crippen molar-refractivity contribution < 1.29 is 9.59 Å². The largest absolute Gasteiger partial charge is 0.344 e. The first-order chi connectivity index (χ1) is 7.60. The number of carbonyl (C=O) groups excluding carboxylic acids is 2. The molecule has 1 atom stereocenters. The fraction of sp³-hybridized carbons (Fsp3) is 0.636. The van der Waals surface area contributed by atoms with Crippen LogP contribution in [0.5, 0.6) is 0 Å². The van der Waals surface area contributed by atoms with Gasteiger partial charge in [-0.3, -0.25) is 9.59 Å². The van der Waals surface area contributed by atoms with E-state index in [4.69, 9.17) is 0 Å². The predicted octanol–water partition coefficient (Wildman–Crippen LogP) is 0.598. The predicted molar refractivity (Wildman–Crippen MR) is 66.4 cm³/mol. The lowest BCUT2D eigenvalue weighted by Gasteiger charge is -2.25. The van der Waals surface area contributed by atoms with Crippen LogP contribution < -0.4 is 5.32 Å². The molecule has 2 amide bonds. The molecule has 1 rings (SSSR count). The SMILES string of the molecule is C=CCN(C(=O)C(CS)NC(C)=O)C1CC1. The van der Waals surface area contributed by atoms with Crippen molar-refractivity contribution in [3.63, 3.8) is 0 Å². The molecule has 0 radical (unpaired) electrons. The summed E-state index contributed by atoms with van der Waals surface area (Å²) in [6.07, 6.45) is 3.79. The standard InChI is InChI=1S/C11H18N2O2S/c1-3-6-13(9-4-5-9)11(15)10(7-16)12-8(2)14/h3,9-10,16H,1,4-7H2,2H3,(H,12,14). The zero-order valence-corrected chi connectivity index (χ0v) is 10.4. The fourth-order valence-corrected chi connectivity index (χ4v) is 1.82. The van der Waals surface area contributed by atoms with Gasteiger partial charge in [-0.05, 0) is 12.8 Å². The summed E-state index contributed by atoms with van der Waals surface area (Å²) in [5, 5.41) is 2.61. The Hall–Kier alpha value is -0.970. The van der Waals surface area contributed by atoms with E-state index in [0.717, 1.165) is 12.8 Å². The minimum Gasteiger partial charge on any atom is -0.344 e. The van der Waals surface area contributed by atoms with Gasteiger partial charge in [0.15, 0.2) is 0 Å². The van der Waals surface area contributed by atoms with Crippen molar-refractivity contribution in [1.29, 1.82) is 0 Å². The second-order valence-electron chi connectivity index (χ2n) is 3.95. The topological polar surface area (TPSA) is 49.4 Å². The Morgan fingerprint density at radius 2 is 2.25 bits per heavy atom. The molecule has 0 aliphatic heterocycles. The van der Waals surface area contributed by atoms with Crippen LogP contribution in [-0.4, -0.2) is 41.1 Å². The molecule has 0 heterocycles. The van der Waals surface area contributed by atoms with Crippen LogP contribution in [-0.2, 0) is 9.59 Å². The molecule has 1 aliphatic carbocycles. The summed E-state index contributed by atoms with van der Waals surface area (Å²) in [6.45, 7) is 5.58. The molecule has 1 N–H and O–H groups in total. The Labute approximate surface area is 101 Å². The molecular formula is C11H18N2O2S. The van der Waals surface area contributed by atoms with Crippen LogP contribution in [0.25, 0.3) is 0 Å². The molecule has 0 aromatic heterocycles. The van der Waals surface area contributed by atoms with Crippen molar-refractivity contribution in [2.75, 3.05) is 12.3 Å². The van der Waals surface area contributed by atoms with Crippen LogP contribution in [0.1, 0.15) is 19.8 Å². The molecule has 1 unspecified atom stereocenters. The van der Waals surface area contributed by atoms with Crippen molar-refractivity contribution in [3.05, 3.63) is 12.7 Å². The molecule has 0 bridgehead atoms. The Morgan fingerprint density at radius 1 is 1.62 bits per heavy atom. The monoisotopic (exact) mass is 242 g/mol. The van der Waals surface area contributed by atoms with Gasteiger partial charge in [-0.2, -0.15) is 12.6 Å². The molecule has 1 saturated carbocycles. The van der Waals surface area contributed by atoms with E-state index in [9.17, 15) is 9.59 Å². The molecule has 16 heavy (non-hydrogen) atoms. The Bertz CT molecular complexity index is 290. The molecule has 1 fully saturated rings. The molecule has 0 aromatic carbocycles. The lowest BCUT2D eigenvalue weighted by Crippen LogP contribution is -2.50. The van der Waals surface area contributed by atoms with Gasteiger partial charge in [0.2, 0.25) is 11.8 Å². The quantitative estimate of drug-likeness (QED) is 0.529. The summed E-state index contributed by atoms with van der Waals surface area (Å²) >= 11 is 4.09. The van der Waals surface area contributed by atoms with Crippen LogP contribution >= 0.6 is 12.6 Å². The maximum absolute atomic E-state index is 12.1. The summed E-state index contributed by atoms with van der Waals surface area (Å²) in [7, 11) is 0. The highest BCUT2D eigenvalue weighted by atomic mass is 32.1. The first kappa shape index (κ1) is 13.1. The highest BCUT2D eigenvalue weighted by Crippen LogP contribution is 2.27. The average molecular weight is 242 g/mol. The average Bonchev–Trinajstić information content (AvgIpc) is 3.05. The minimum absolute atomic E-state index is 0.0624. The second kappa shape index (κ2) is 5.94. The van der Waals surface area contributed by atoms with Crippen molar-refractivity contribution in [1.82, 2.24) is 10.2 Å². The van der Waals surface area contributed by atoms with Gasteiger partial charge < -0.3 is 10.2 Å². The van der Waals surface area contributed by atoms with Crippen molar-refractivity contribution in [2.24, 2.45) is 0 Å². The summed E-state index contributed by atoms with van der Waals surface area (Å²) < 4.78 is 0. The fourth-order valence-electron chi connectivity index (χ4n) is 1.58. The third-order valence-electron chi connectivity index (χ3n) is 2.45. The van der Waals surface area contributed by atoms with Gasteiger partial charge >= 0.3 is 0 Å². The van der Waals surface area contributed by atoms with E-state index in [0.29, 0.717) is 18.3 Å². The van der Waals surface area contributed by atoms with Gasteiger partial charge in [-0.15, -0.1) is 6.58 Å². The summed E-state index contributed by atoms with van der Waals surface area (Å²) in [5.41, 5.74) is 0. The molecule has 0 saturated heterocycles. The number of carbonyl (C=O) groups is 2. The van der Waals surface area contributed by atoms with Crippen LogP contribution in [0.4, 0.5) is 0 Å². The third-order valence-corrected chi connectivity index (χ3v) is 2.82. The molecule has 90 valence electrons. The van der Waals surface area contributed by atoms with E-state index in [1.165, 1.54) is 6.92 Å². The van der Waals surface area contributed by atoms with E-state index in [1.807, 2.05) is 0 Å². The zero-order valence-electron chi connectivity index (χ0n) is 9.48. The van der Waals surface area contributed by atoms with Gasteiger partial charge in [0, 0.05) is 25.3 Å². The highest BCUT2D eigenvalue weighted by molar-refractivity contribution is 7.80. The number of hydrogen-bond acceptors (Lipinski definition) is 3. The van der Waals surface area contributed by atoms with E-state index in [1.54, 1.807) is 11.0 Å². The number of nitrogens with one attached hydrogen (secondary N) is 1. The van der Waals surface area contributed by atoms with Crippen molar-refractivity contribution in [2.45, 2.75) is 31.8 Å². The number of thiol groups is 1. The zero-order chi connectivity index (χ0) is 12.1. The number of hydrogen-bond donors (Lipinski definition) is 2. The van der Waals surface area contributed by atoms with Gasteiger partial charge in [0.25, 0.3) is 0 Å². The normalized spacial score (nSPS) is 16.4. The Balaban J connectivity index is 2.62. The molecule has 0 aromatic rings. The van der Waals surface area contributed by atoms with E-state index >= 15 is 0 Å². The molecular weight excluding hydrogens is 224 g/mol. The van der Waals surface area contributed by atoms with Gasteiger partial charge in [-0.1, -0.05) is 6.08 Å². The molecule has 5 heteroatoms. The van der Waals surface area contributed by atoms with Crippen LogP contribution in [0.3, 0.4) is 0 Å². The first-order valence-electron chi connectivity index (χ1n) is 5.39. The summed E-state index contributed by atoms with van der Waals surface area (Å²) in [6, 6.07) is -0.206. The Kier molecular flexibility index (Phi) is 4.86. The number of amides is 2. The number of nitrogens with zero attached hydrogens (tertiary/aromatic N) is 1. The van der Waals surface area contributed by atoms with Gasteiger partial charge in [0.05, 0.1) is 0 Å². The maximum Gasteiger partial charge on any atom is 0.246 e. The van der Waals surface area contributed by atoms with Gasteiger partial charge in [-0.25, -0.2) is 0 Å². The van der Waals surface area contributed by atoms with E-state index in [2.05, 4.69) is 24.5 Å². The second-order valence-corrected chi connectivity index (χ2v) is 4.31. The van der Waals surface area contributed by atoms with E-state index in [-0.39, 0.29) is 11.8 Å². The molecule has 0 spiro atoms. The lowest BCUT2D eigenvalue weighted by atomic mass is 10.2. The molecule has 1 aliphatic rings. The van der Waals surface area contributed by atoms with Crippen LogP contribution in [0.15, 0.2) is 12.7 Å². The molecule has 4 nitrogen and oxygen atoms in total. The summed E-state index contributed by atoms with van der Waals surface area (Å²) in [4.78, 5) is 24.8.